The van der Waals surface area contributed by atoms with E-state index in [-0.39, 0.29) is 24.0 Å². The van der Waals surface area contributed by atoms with Gasteiger partial charge < -0.3 is 20.3 Å². The van der Waals surface area contributed by atoms with Crippen LogP contribution in [-0.2, 0) is 6.54 Å². The summed E-state index contributed by atoms with van der Waals surface area (Å²) in [5, 5.41) is 6.86. The van der Waals surface area contributed by atoms with E-state index in [4.69, 9.17) is 9.73 Å². The molecule has 1 aliphatic carbocycles. The average molecular weight is 518 g/mol. The highest BCUT2D eigenvalue weighted by atomic mass is 127. The fourth-order valence-corrected chi connectivity index (χ4v) is 3.03. The highest BCUT2D eigenvalue weighted by Gasteiger charge is 2.22. The van der Waals surface area contributed by atoms with Crippen LogP contribution in [0.15, 0.2) is 23.3 Å². The zero-order valence-corrected chi connectivity index (χ0v) is 20.9. The summed E-state index contributed by atoms with van der Waals surface area (Å²) in [6, 6.07) is 4.39. The summed E-state index contributed by atoms with van der Waals surface area (Å²) in [4.78, 5) is 11.6. The standard InChI is InChI=1S/C22H39N5O.HI/c1-5-23-22(26-18(4)9-8-14-27(6-2)7-3)25-16-20-12-13-21(24-15-20)28-17-19-10-11-19;/h12-13,15,18-19H,5-11,14,16-17H2,1-4H3,(H2,23,25,26);1H. The Morgan fingerprint density at radius 1 is 1.28 bits per heavy atom. The number of nitrogens with one attached hydrogen (secondary N) is 2. The predicted octanol–water partition coefficient (Wildman–Crippen LogP) is 4.05. The zero-order chi connectivity index (χ0) is 20.2. The second-order valence-corrected chi connectivity index (χ2v) is 7.67. The SMILES string of the molecule is CCNC(=NCc1ccc(OCC2CC2)nc1)NC(C)CCCN(CC)CC.I. The molecule has 7 heteroatoms. The van der Waals surface area contributed by atoms with Crippen LogP contribution in [0.5, 0.6) is 5.88 Å². The molecule has 0 aliphatic heterocycles. The molecule has 0 bridgehead atoms. The van der Waals surface area contributed by atoms with E-state index in [9.17, 15) is 0 Å². The zero-order valence-electron chi connectivity index (χ0n) is 18.6. The van der Waals surface area contributed by atoms with Gasteiger partial charge in [-0.2, -0.15) is 0 Å². The smallest absolute Gasteiger partial charge is 0.213 e. The third-order valence-electron chi connectivity index (χ3n) is 5.11. The molecule has 166 valence electrons. The van der Waals surface area contributed by atoms with Crippen molar-refractivity contribution in [3.8, 4) is 5.88 Å². The van der Waals surface area contributed by atoms with Crippen molar-refractivity contribution in [2.75, 3.05) is 32.8 Å². The van der Waals surface area contributed by atoms with E-state index in [1.807, 2.05) is 12.3 Å². The molecule has 0 saturated heterocycles. The van der Waals surface area contributed by atoms with Gasteiger partial charge in [-0.1, -0.05) is 19.9 Å². The van der Waals surface area contributed by atoms with Gasteiger partial charge in [-0.15, -0.1) is 24.0 Å². The van der Waals surface area contributed by atoms with Gasteiger partial charge in [-0.05, 0) is 70.6 Å². The molecule has 6 nitrogen and oxygen atoms in total. The molecule has 1 fully saturated rings. The van der Waals surface area contributed by atoms with Crippen LogP contribution in [0.25, 0.3) is 0 Å². The number of ether oxygens (including phenoxy) is 1. The van der Waals surface area contributed by atoms with Gasteiger partial charge >= 0.3 is 0 Å². The maximum absolute atomic E-state index is 5.70. The van der Waals surface area contributed by atoms with Crippen LogP contribution in [-0.4, -0.2) is 54.7 Å². The summed E-state index contributed by atoms with van der Waals surface area (Å²) < 4.78 is 5.70. The Morgan fingerprint density at radius 2 is 2.03 bits per heavy atom. The molecular formula is C22H40IN5O. The molecule has 0 radical (unpaired) electrons. The van der Waals surface area contributed by atoms with E-state index in [2.05, 4.69) is 54.3 Å². The second-order valence-electron chi connectivity index (χ2n) is 7.67. The Morgan fingerprint density at radius 3 is 2.62 bits per heavy atom. The van der Waals surface area contributed by atoms with E-state index >= 15 is 0 Å². The van der Waals surface area contributed by atoms with E-state index in [1.54, 1.807) is 0 Å². The minimum atomic E-state index is 0. The van der Waals surface area contributed by atoms with Crippen LogP contribution in [0, 0.1) is 5.92 Å². The van der Waals surface area contributed by atoms with E-state index in [0.717, 1.165) is 56.6 Å². The molecule has 1 aromatic rings. The fourth-order valence-electron chi connectivity index (χ4n) is 3.03. The number of pyridine rings is 1. The van der Waals surface area contributed by atoms with Crippen molar-refractivity contribution in [1.29, 1.82) is 0 Å². The van der Waals surface area contributed by atoms with Crippen LogP contribution < -0.4 is 15.4 Å². The Balaban J connectivity index is 0.00000420. The first kappa shape index (κ1) is 25.9. The van der Waals surface area contributed by atoms with Crippen LogP contribution >= 0.6 is 24.0 Å². The van der Waals surface area contributed by atoms with Crippen LogP contribution in [0.1, 0.15) is 58.9 Å². The van der Waals surface area contributed by atoms with E-state index in [1.165, 1.54) is 19.3 Å². The van der Waals surface area contributed by atoms with Gasteiger partial charge in [0.2, 0.25) is 5.88 Å². The van der Waals surface area contributed by atoms with Crippen LogP contribution in [0.2, 0.25) is 0 Å². The lowest BCUT2D eigenvalue weighted by Gasteiger charge is -2.21. The summed E-state index contributed by atoms with van der Waals surface area (Å²) in [5.41, 5.74) is 1.09. The second kappa shape index (κ2) is 14.8. The number of rotatable bonds is 13. The highest BCUT2D eigenvalue weighted by Crippen LogP contribution is 2.29. The maximum Gasteiger partial charge on any atom is 0.213 e. The van der Waals surface area contributed by atoms with Gasteiger partial charge in [-0.3, -0.25) is 0 Å². The Kier molecular flexibility index (Phi) is 13.3. The number of hydrogen-bond acceptors (Lipinski definition) is 4. The van der Waals surface area contributed by atoms with Crippen molar-refractivity contribution >= 4 is 29.9 Å². The van der Waals surface area contributed by atoms with Crippen molar-refractivity contribution < 1.29 is 4.74 Å². The lowest BCUT2D eigenvalue weighted by Crippen LogP contribution is -2.42. The molecule has 0 amide bonds. The van der Waals surface area contributed by atoms with Crippen LogP contribution in [0.4, 0.5) is 0 Å². The first-order valence-corrected chi connectivity index (χ1v) is 11.0. The Hall–Kier alpha value is -1.09. The molecule has 1 aliphatic rings. The molecule has 1 heterocycles. The molecule has 2 N–H and O–H groups in total. The summed E-state index contributed by atoms with van der Waals surface area (Å²) in [6.45, 7) is 14.4. The van der Waals surface area contributed by atoms with Gasteiger partial charge in [-0.25, -0.2) is 9.98 Å². The normalized spacial score (nSPS) is 15.0. The highest BCUT2D eigenvalue weighted by molar-refractivity contribution is 14.0. The first-order valence-electron chi connectivity index (χ1n) is 11.0. The number of hydrogen-bond donors (Lipinski definition) is 2. The van der Waals surface area contributed by atoms with E-state index in [0.29, 0.717) is 18.5 Å². The summed E-state index contributed by atoms with van der Waals surface area (Å²) in [6.07, 6.45) is 6.78. The third-order valence-corrected chi connectivity index (χ3v) is 5.11. The summed E-state index contributed by atoms with van der Waals surface area (Å²) in [7, 11) is 0. The first-order chi connectivity index (χ1) is 13.6. The molecule has 0 spiro atoms. The van der Waals surface area contributed by atoms with Crippen molar-refractivity contribution in [3.05, 3.63) is 23.9 Å². The monoisotopic (exact) mass is 517 g/mol. The van der Waals surface area contributed by atoms with E-state index < -0.39 is 0 Å². The Bertz CT molecular complexity index is 573. The summed E-state index contributed by atoms with van der Waals surface area (Å²) in [5.74, 6) is 2.33. The van der Waals surface area contributed by atoms with Crippen LogP contribution in [0.3, 0.4) is 0 Å². The van der Waals surface area contributed by atoms with Crippen molar-refractivity contribution in [2.24, 2.45) is 10.9 Å². The maximum atomic E-state index is 5.70. The minimum Gasteiger partial charge on any atom is -0.477 e. The molecule has 1 saturated carbocycles. The van der Waals surface area contributed by atoms with Gasteiger partial charge in [0.1, 0.15) is 0 Å². The van der Waals surface area contributed by atoms with Gasteiger partial charge in [0.05, 0.1) is 13.2 Å². The number of nitrogens with zero attached hydrogens (tertiary/aromatic N) is 3. The molecule has 0 aromatic carbocycles. The van der Waals surface area contributed by atoms with Crippen molar-refractivity contribution in [2.45, 2.75) is 66.0 Å². The Labute approximate surface area is 194 Å². The van der Waals surface area contributed by atoms with Crippen molar-refractivity contribution in [1.82, 2.24) is 20.5 Å². The lowest BCUT2D eigenvalue weighted by atomic mass is 10.2. The third kappa shape index (κ3) is 11.0. The van der Waals surface area contributed by atoms with Gasteiger partial charge in [0.15, 0.2) is 5.96 Å². The fraction of sp³-hybridized carbons (Fsp3) is 0.727. The predicted molar refractivity (Wildman–Crippen MR) is 132 cm³/mol. The summed E-state index contributed by atoms with van der Waals surface area (Å²) >= 11 is 0. The topological polar surface area (TPSA) is 61.8 Å². The van der Waals surface area contributed by atoms with Gasteiger partial charge in [0, 0.05) is 24.8 Å². The van der Waals surface area contributed by atoms with Crippen molar-refractivity contribution in [3.63, 3.8) is 0 Å². The number of guanidine groups is 1. The number of aromatic nitrogens is 1. The molecule has 29 heavy (non-hydrogen) atoms. The quantitative estimate of drug-likeness (QED) is 0.235. The number of halogens is 1. The number of aliphatic imine (C=N–C) groups is 1. The van der Waals surface area contributed by atoms with Gasteiger partial charge in [0.25, 0.3) is 0 Å². The molecule has 2 rings (SSSR count). The molecule has 1 atom stereocenters. The largest absolute Gasteiger partial charge is 0.477 e. The molecular weight excluding hydrogens is 477 g/mol. The molecule has 1 unspecified atom stereocenters. The molecule has 1 aromatic heterocycles. The lowest BCUT2D eigenvalue weighted by molar-refractivity contribution is 0.288. The average Bonchev–Trinajstić information content (AvgIpc) is 3.53. The minimum absolute atomic E-state index is 0.